The predicted octanol–water partition coefficient (Wildman–Crippen LogP) is 3.92. The molecule has 0 fully saturated rings. The summed E-state index contributed by atoms with van der Waals surface area (Å²) in [5.41, 5.74) is 8.77. The first-order valence-corrected chi connectivity index (χ1v) is 7.51. The van der Waals surface area contributed by atoms with Crippen LogP contribution < -0.4 is 11.1 Å². The maximum absolute atomic E-state index is 6.24. The molecule has 0 unspecified atom stereocenters. The van der Waals surface area contributed by atoms with Gasteiger partial charge in [0.15, 0.2) is 0 Å². The Kier molecular flexibility index (Phi) is 4.22. The Morgan fingerprint density at radius 1 is 1.23 bits per heavy atom. The van der Waals surface area contributed by atoms with Crippen molar-refractivity contribution >= 4 is 28.3 Å². The lowest BCUT2D eigenvalue weighted by Gasteiger charge is -2.15. The minimum atomic E-state index is -0.123. The van der Waals surface area contributed by atoms with Gasteiger partial charge in [-0.3, -0.25) is 4.98 Å². The summed E-state index contributed by atoms with van der Waals surface area (Å²) < 4.78 is 0. The highest BCUT2D eigenvalue weighted by Crippen LogP contribution is 2.28. The van der Waals surface area contributed by atoms with E-state index in [1.165, 1.54) is 0 Å². The van der Waals surface area contributed by atoms with Crippen LogP contribution in [-0.4, -0.2) is 9.97 Å². The van der Waals surface area contributed by atoms with E-state index >= 15 is 0 Å². The van der Waals surface area contributed by atoms with Gasteiger partial charge in [0.05, 0.1) is 22.8 Å². The van der Waals surface area contributed by atoms with Gasteiger partial charge in [0.2, 0.25) is 0 Å². The number of pyridine rings is 2. The summed E-state index contributed by atoms with van der Waals surface area (Å²) in [5, 5.41) is 4.94. The molecule has 0 aliphatic carbocycles. The van der Waals surface area contributed by atoms with E-state index in [-0.39, 0.29) is 6.04 Å². The van der Waals surface area contributed by atoms with Gasteiger partial charge in [-0.2, -0.15) is 0 Å². The van der Waals surface area contributed by atoms with Crippen LogP contribution in [0.3, 0.4) is 0 Å². The summed E-state index contributed by atoms with van der Waals surface area (Å²) in [6, 6.07) is 13.5. The fraction of sp³-hybridized carbons (Fsp3) is 0.176. The van der Waals surface area contributed by atoms with Crippen molar-refractivity contribution in [1.29, 1.82) is 0 Å². The van der Waals surface area contributed by atoms with E-state index in [0.717, 1.165) is 28.0 Å². The Balaban J connectivity index is 1.99. The molecule has 2 aromatic heterocycles. The highest BCUT2D eigenvalue weighted by Gasteiger charge is 2.12. The van der Waals surface area contributed by atoms with E-state index < -0.39 is 0 Å². The van der Waals surface area contributed by atoms with Gasteiger partial charge in [0.25, 0.3) is 0 Å². The minimum absolute atomic E-state index is 0.123. The molecule has 112 valence electrons. The third kappa shape index (κ3) is 3.03. The van der Waals surface area contributed by atoms with Crippen LogP contribution >= 0.6 is 11.6 Å². The number of rotatable bonds is 4. The summed E-state index contributed by atoms with van der Waals surface area (Å²) in [7, 11) is 0. The molecule has 2 heterocycles. The van der Waals surface area contributed by atoms with Gasteiger partial charge < -0.3 is 11.1 Å². The monoisotopic (exact) mass is 312 g/mol. The van der Waals surface area contributed by atoms with Crippen LogP contribution in [0.15, 0.2) is 48.7 Å². The number of halogens is 1. The van der Waals surface area contributed by atoms with Gasteiger partial charge in [0, 0.05) is 23.2 Å². The van der Waals surface area contributed by atoms with Gasteiger partial charge >= 0.3 is 0 Å². The molecule has 0 bridgehead atoms. The number of hydrogen-bond donors (Lipinski definition) is 2. The zero-order valence-electron chi connectivity index (χ0n) is 12.3. The summed E-state index contributed by atoms with van der Waals surface area (Å²) in [6.45, 7) is 2.53. The molecule has 0 saturated carbocycles. The van der Waals surface area contributed by atoms with Crippen LogP contribution in [0, 0.1) is 0 Å². The molecule has 1 aromatic carbocycles. The number of para-hydroxylation sites is 1. The Morgan fingerprint density at radius 3 is 2.82 bits per heavy atom. The molecule has 0 radical (unpaired) electrons. The van der Waals surface area contributed by atoms with E-state index in [1.807, 2.05) is 49.4 Å². The molecule has 0 amide bonds. The van der Waals surface area contributed by atoms with Gasteiger partial charge in [0.1, 0.15) is 5.82 Å². The number of nitrogens with zero attached hydrogens (tertiary/aromatic N) is 2. The van der Waals surface area contributed by atoms with E-state index in [1.54, 1.807) is 6.20 Å². The highest BCUT2D eigenvalue weighted by molar-refractivity contribution is 6.35. The summed E-state index contributed by atoms with van der Waals surface area (Å²) >= 11 is 6.24. The number of benzene rings is 1. The second kappa shape index (κ2) is 6.30. The highest BCUT2D eigenvalue weighted by atomic mass is 35.5. The molecule has 0 aliphatic rings. The molecule has 5 heteroatoms. The standard InChI is InChI=1S/C17H17ClN4/c1-11(19)14-9-12-5-4-7-15(18)16(12)22-17(14)21-10-13-6-2-3-8-20-13/h2-9,11H,10,19H2,1H3,(H,21,22)/t11-/m0/s1. The van der Waals surface area contributed by atoms with Crippen LogP contribution in [-0.2, 0) is 6.54 Å². The number of nitrogens with one attached hydrogen (secondary N) is 1. The number of aromatic nitrogens is 2. The Labute approximate surface area is 134 Å². The van der Waals surface area contributed by atoms with Crippen molar-refractivity contribution < 1.29 is 0 Å². The van der Waals surface area contributed by atoms with Crippen molar-refractivity contribution in [3.05, 3.63) is 64.9 Å². The molecule has 0 saturated heterocycles. The lowest BCUT2D eigenvalue weighted by Crippen LogP contribution is -2.12. The summed E-state index contributed by atoms with van der Waals surface area (Å²) in [5.74, 6) is 0.751. The van der Waals surface area contributed by atoms with Gasteiger partial charge in [-0.1, -0.05) is 29.8 Å². The Hall–Kier alpha value is -2.17. The van der Waals surface area contributed by atoms with Crippen LogP contribution in [0.2, 0.25) is 5.02 Å². The van der Waals surface area contributed by atoms with Crippen molar-refractivity contribution in [3.8, 4) is 0 Å². The van der Waals surface area contributed by atoms with Crippen molar-refractivity contribution in [2.45, 2.75) is 19.5 Å². The topological polar surface area (TPSA) is 63.8 Å². The molecule has 22 heavy (non-hydrogen) atoms. The van der Waals surface area contributed by atoms with Crippen LogP contribution in [0.25, 0.3) is 10.9 Å². The summed E-state index contributed by atoms with van der Waals surface area (Å²) in [6.07, 6.45) is 1.77. The van der Waals surface area contributed by atoms with Crippen molar-refractivity contribution in [3.63, 3.8) is 0 Å². The molecular weight excluding hydrogens is 296 g/mol. The second-order valence-electron chi connectivity index (χ2n) is 5.20. The van der Waals surface area contributed by atoms with Crippen LogP contribution in [0.4, 0.5) is 5.82 Å². The van der Waals surface area contributed by atoms with E-state index in [2.05, 4.69) is 15.3 Å². The third-order valence-corrected chi connectivity index (χ3v) is 3.78. The number of fused-ring (bicyclic) bond motifs is 1. The first-order chi connectivity index (χ1) is 10.6. The van der Waals surface area contributed by atoms with Gasteiger partial charge in [-0.15, -0.1) is 0 Å². The van der Waals surface area contributed by atoms with E-state index in [0.29, 0.717) is 11.6 Å². The first-order valence-electron chi connectivity index (χ1n) is 7.13. The molecule has 0 aliphatic heterocycles. The quantitative estimate of drug-likeness (QED) is 0.766. The zero-order valence-corrected chi connectivity index (χ0v) is 13.0. The van der Waals surface area contributed by atoms with Gasteiger partial charge in [-0.25, -0.2) is 4.98 Å². The SMILES string of the molecule is C[C@H](N)c1cc2cccc(Cl)c2nc1NCc1ccccn1. The average Bonchev–Trinajstić information content (AvgIpc) is 2.53. The molecule has 4 nitrogen and oxygen atoms in total. The maximum Gasteiger partial charge on any atom is 0.131 e. The lowest BCUT2D eigenvalue weighted by molar-refractivity contribution is 0.813. The van der Waals surface area contributed by atoms with Crippen molar-refractivity contribution in [1.82, 2.24) is 9.97 Å². The second-order valence-corrected chi connectivity index (χ2v) is 5.61. The smallest absolute Gasteiger partial charge is 0.131 e. The molecule has 3 aromatic rings. The predicted molar refractivity (Wildman–Crippen MR) is 90.9 cm³/mol. The zero-order chi connectivity index (χ0) is 15.5. The molecule has 0 spiro atoms. The number of nitrogens with two attached hydrogens (primary N) is 1. The van der Waals surface area contributed by atoms with E-state index in [9.17, 15) is 0 Å². The van der Waals surface area contributed by atoms with Crippen molar-refractivity contribution in [2.75, 3.05) is 5.32 Å². The fourth-order valence-corrected chi connectivity index (χ4v) is 2.57. The molecule has 3 rings (SSSR count). The number of hydrogen-bond acceptors (Lipinski definition) is 4. The molecule has 3 N–H and O–H groups in total. The Bertz CT molecular complexity index is 787. The summed E-state index contributed by atoms with van der Waals surface area (Å²) in [4.78, 5) is 8.96. The minimum Gasteiger partial charge on any atom is -0.364 e. The lowest BCUT2D eigenvalue weighted by atomic mass is 10.1. The first kappa shape index (κ1) is 14.8. The third-order valence-electron chi connectivity index (χ3n) is 3.48. The maximum atomic E-state index is 6.24. The normalized spacial score (nSPS) is 12.3. The Morgan fingerprint density at radius 2 is 2.09 bits per heavy atom. The van der Waals surface area contributed by atoms with Crippen molar-refractivity contribution in [2.24, 2.45) is 5.73 Å². The van der Waals surface area contributed by atoms with Gasteiger partial charge in [-0.05, 0) is 31.2 Å². The fourth-order valence-electron chi connectivity index (χ4n) is 2.34. The molecule has 1 atom stereocenters. The number of anilines is 1. The van der Waals surface area contributed by atoms with Crippen LogP contribution in [0.1, 0.15) is 24.2 Å². The van der Waals surface area contributed by atoms with Crippen LogP contribution in [0.5, 0.6) is 0 Å². The van der Waals surface area contributed by atoms with E-state index in [4.69, 9.17) is 17.3 Å². The average molecular weight is 313 g/mol. The molecular formula is C17H17ClN4. The largest absolute Gasteiger partial charge is 0.364 e.